The summed E-state index contributed by atoms with van der Waals surface area (Å²) in [5, 5.41) is 4.07. The van der Waals surface area contributed by atoms with E-state index in [1.165, 1.54) is 18.4 Å². The summed E-state index contributed by atoms with van der Waals surface area (Å²) in [7, 11) is 3.69. The van der Waals surface area contributed by atoms with E-state index in [0.29, 0.717) is 6.04 Å². The van der Waals surface area contributed by atoms with Gasteiger partial charge in [-0.1, -0.05) is 17.7 Å². The molecule has 0 aliphatic heterocycles. The second-order valence-electron chi connectivity index (χ2n) is 3.99. The molecule has 0 saturated heterocycles. The fourth-order valence-electron chi connectivity index (χ4n) is 2.02. The average molecular weight is 226 g/mol. The topological polar surface area (TPSA) is 21.3 Å². The Balaban J connectivity index is 2.32. The molecule has 82 valence electrons. The van der Waals surface area contributed by atoms with Crippen LogP contribution in [0, 0.1) is 5.92 Å². The Labute approximate surface area is 95.6 Å². The summed E-state index contributed by atoms with van der Waals surface area (Å²) in [5.41, 5.74) is 1.21. The Morgan fingerprint density at radius 1 is 1.47 bits per heavy atom. The third-order valence-corrected chi connectivity index (χ3v) is 3.17. The summed E-state index contributed by atoms with van der Waals surface area (Å²) < 4.78 is 5.36. The molecule has 1 unspecified atom stereocenters. The van der Waals surface area contributed by atoms with Gasteiger partial charge < -0.3 is 10.1 Å². The Morgan fingerprint density at radius 2 is 2.20 bits per heavy atom. The number of rotatable bonds is 4. The maximum absolute atomic E-state index is 5.94. The van der Waals surface area contributed by atoms with Crippen molar-refractivity contribution in [3.05, 3.63) is 28.8 Å². The van der Waals surface area contributed by atoms with Crippen LogP contribution in [0.5, 0.6) is 5.75 Å². The van der Waals surface area contributed by atoms with Crippen molar-refractivity contribution in [3.8, 4) is 5.75 Å². The van der Waals surface area contributed by atoms with Crippen LogP contribution in [0.4, 0.5) is 0 Å². The van der Waals surface area contributed by atoms with E-state index in [4.69, 9.17) is 16.3 Å². The van der Waals surface area contributed by atoms with Crippen LogP contribution < -0.4 is 10.1 Å². The van der Waals surface area contributed by atoms with Gasteiger partial charge in [0.05, 0.1) is 7.11 Å². The fourth-order valence-corrected chi connectivity index (χ4v) is 2.18. The molecule has 1 aromatic carbocycles. The monoisotopic (exact) mass is 225 g/mol. The van der Waals surface area contributed by atoms with Crippen LogP contribution in [0.15, 0.2) is 18.2 Å². The highest BCUT2D eigenvalue weighted by molar-refractivity contribution is 6.30. The van der Waals surface area contributed by atoms with Crippen molar-refractivity contribution < 1.29 is 4.74 Å². The molecule has 1 N–H and O–H groups in total. The molecule has 1 aliphatic rings. The largest absolute Gasteiger partial charge is 0.496 e. The van der Waals surface area contributed by atoms with Crippen LogP contribution in [0.3, 0.4) is 0 Å². The predicted octanol–water partition coefficient (Wildman–Crippen LogP) is 3.02. The summed E-state index contributed by atoms with van der Waals surface area (Å²) in [5.74, 6) is 1.64. The van der Waals surface area contributed by atoms with Gasteiger partial charge in [0, 0.05) is 16.6 Å². The van der Waals surface area contributed by atoms with E-state index < -0.39 is 0 Å². The molecule has 0 aromatic heterocycles. The third kappa shape index (κ3) is 2.27. The zero-order valence-electron chi connectivity index (χ0n) is 9.09. The Bertz CT molecular complexity index is 349. The van der Waals surface area contributed by atoms with Gasteiger partial charge in [0.15, 0.2) is 0 Å². The number of benzene rings is 1. The van der Waals surface area contributed by atoms with Gasteiger partial charge in [0.1, 0.15) is 5.75 Å². The standard InChI is InChI=1S/C12H16ClNO/c1-14-12(8-3-4-8)10-6-5-9(13)7-11(10)15-2/h5-8,12,14H,3-4H2,1-2H3. The third-order valence-electron chi connectivity index (χ3n) is 2.94. The van der Waals surface area contributed by atoms with Crippen molar-refractivity contribution >= 4 is 11.6 Å². The Kier molecular flexibility index (Phi) is 3.17. The molecule has 15 heavy (non-hydrogen) atoms. The molecule has 0 amide bonds. The fraction of sp³-hybridized carbons (Fsp3) is 0.500. The minimum absolute atomic E-state index is 0.400. The maximum Gasteiger partial charge on any atom is 0.125 e. The van der Waals surface area contributed by atoms with Gasteiger partial charge in [0.2, 0.25) is 0 Å². The predicted molar refractivity (Wildman–Crippen MR) is 62.5 cm³/mol. The van der Waals surface area contributed by atoms with E-state index in [1.54, 1.807) is 7.11 Å². The van der Waals surface area contributed by atoms with Crippen molar-refractivity contribution in [2.24, 2.45) is 5.92 Å². The quantitative estimate of drug-likeness (QED) is 0.851. The smallest absolute Gasteiger partial charge is 0.125 e. The highest BCUT2D eigenvalue weighted by atomic mass is 35.5. The lowest BCUT2D eigenvalue weighted by molar-refractivity contribution is 0.396. The highest BCUT2D eigenvalue weighted by Crippen LogP contribution is 2.43. The van der Waals surface area contributed by atoms with Gasteiger partial charge >= 0.3 is 0 Å². The highest BCUT2D eigenvalue weighted by Gasteiger charge is 2.32. The molecular weight excluding hydrogens is 210 g/mol. The normalized spacial score (nSPS) is 17.5. The summed E-state index contributed by atoms with van der Waals surface area (Å²) in [6, 6.07) is 6.26. The Morgan fingerprint density at radius 3 is 2.73 bits per heavy atom. The molecular formula is C12H16ClNO. The maximum atomic E-state index is 5.94. The van der Waals surface area contributed by atoms with Gasteiger partial charge in [-0.05, 0) is 37.9 Å². The summed E-state index contributed by atoms with van der Waals surface area (Å²) >= 11 is 5.94. The van der Waals surface area contributed by atoms with Crippen molar-refractivity contribution in [1.82, 2.24) is 5.32 Å². The van der Waals surface area contributed by atoms with E-state index in [0.717, 1.165) is 16.7 Å². The number of ether oxygens (including phenoxy) is 1. The van der Waals surface area contributed by atoms with Gasteiger partial charge in [-0.25, -0.2) is 0 Å². The SMILES string of the molecule is CNC(c1ccc(Cl)cc1OC)C1CC1. The van der Waals surface area contributed by atoms with E-state index >= 15 is 0 Å². The van der Waals surface area contributed by atoms with Crippen LogP contribution in [-0.2, 0) is 0 Å². The molecule has 0 radical (unpaired) electrons. The summed E-state index contributed by atoms with van der Waals surface area (Å²) in [6.07, 6.45) is 2.61. The van der Waals surface area contributed by atoms with Crippen molar-refractivity contribution in [2.75, 3.05) is 14.2 Å². The molecule has 1 saturated carbocycles. The minimum atomic E-state index is 0.400. The van der Waals surface area contributed by atoms with Crippen LogP contribution in [-0.4, -0.2) is 14.2 Å². The van der Waals surface area contributed by atoms with E-state index in [2.05, 4.69) is 11.4 Å². The second kappa shape index (κ2) is 4.42. The lowest BCUT2D eigenvalue weighted by Crippen LogP contribution is -2.18. The molecule has 1 fully saturated rings. The van der Waals surface area contributed by atoms with Crippen LogP contribution >= 0.6 is 11.6 Å². The lowest BCUT2D eigenvalue weighted by atomic mass is 10.0. The van der Waals surface area contributed by atoms with Gasteiger partial charge in [-0.2, -0.15) is 0 Å². The zero-order chi connectivity index (χ0) is 10.8. The molecule has 2 rings (SSSR count). The number of halogens is 1. The zero-order valence-corrected chi connectivity index (χ0v) is 9.84. The summed E-state index contributed by atoms with van der Waals surface area (Å²) in [4.78, 5) is 0. The molecule has 0 bridgehead atoms. The summed E-state index contributed by atoms with van der Waals surface area (Å²) in [6.45, 7) is 0. The first-order valence-corrected chi connectivity index (χ1v) is 5.64. The van der Waals surface area contributed by atoms with Crippen molar-refractivity contribution in [3.63, 3.8) is 0 Å². The molecule has 2 nitrogen and oxygen atoms in total. The first kappa shape index (κ1) is 10.8. The molecule has 1 atom stereocenters. The van der Waals surface area contributed by atoms with Crippen LogP contribution in [0.2, 0.25) is 5.02 Å². The molecule has 0 heterocycles. The van der Waals surface area contributed by atoms with Gasteiger partial charge in [-0.3, -0.25) is 0 Å². The first-order valence-electron chi connectivity index (χ1n) is 5.27. The average Bonchev–Trinajstić information content (AvgIpc) is 3.05. The van der Waals surface area contributed by atoms with Gasteiger partial charge in [-0.15, -0.1) is 0 Å². The van der Waals surface area contributed by atoms with Crippen LogP contribution in [0.1, 0.15) is 24.4 Å². The molecule has 0 spiro atoms. The van der Waals surface area contributed by atoms with Crippen molar-refractivity contribution in [1.29, 1.82) is 0 Å². The number of hydrogen-bond acceptors (Lipinski definition) is 2. The number of nitrogens with one attached hydrogen (secondary N) is 1. The van der Waals surface area contributed by atoms with Crippen LogP contribution in [0.25, 0.3) is 0 Å². The second-order valence-corrected chi connectivity index (χ2v) is 4.43. The first-order chi connectivity index (χ1) is 7.26. The molecule has 1 aromatic rings. The van der Waals surface area contributed by atoms with E-state index in [1.807, 2.05) is 19.2 Å². The number of methoxy groups -OCH3 is 1. The van der Waals surface area contributed by atoms with Crippen molar-refractivity contribution in [2.45, 2.75) is 18.9 Å². The number of hydrogen-bond donors (Lipinski definition) is 1. The Hall–Kier alpha value is -0.730. The van der Waals surface area contributed by atoms with E-state index in [9.17, 15) is 0 Å². The molecule has 1 aliphatic carbocycles. The lowest BCUT2D eigenvalue weighted by Gasteiger charge is -2.19. The molecule has 3 heteroatoms. The van der Waals surface area contributed by atoms with E-state index in [-0.39, 0.29) is 0 Å². The van der Waals surface area contributed by atoms with Gasteiger partial charge in [0.25, 0.3) is 0 Å². The minimum Gasteiger partial charge on any atom is -0.496 e.